The van der Waals surface area contributed by atoms with Crippen molar-refractivity contribution in [3.05, 3.63) is 12.3 Å². The molecule has 0 fully saturated rings. The Balaban J connectivity index is 2.27. The zero-order chi connectivity index (χ0) is 11.5. The van der Waals surface area contributed by atoms with Gasteiger partial charge < -0.3 is 15.4 Å². The molecule has 1 unspecified atom stereocenters. The number of anilines is 1. The van der Waals surface area contributed by atoms with Crippen LogP contribution in [0.1, 0.15) is 12.8 Å². The topological polar surface area (TPSA) is 81.2 Å². The Bertz CT molecular complexity index is 401. The third-order valence-corrected chi connectivity index (χ3v) is 2.78. The Labute approximate surface area is 93.0 Å². The zero-order valence-corrected chi connectivity index (χ0v) is 8.87. The molecule has 6 heteroatoms. The van der Waals surface area contributed by atoms with Crippen LogP contribution in [0.25, 0.3) is 0 Å². The van der Waals surface area contributed by atoms with E-state index in [0.717, 1.165) is 31.6 Å². The summed E-state index contributed by atoms with van der Waals surface area (Å²) in [6.45, 7) is 1.57. The van der Waals surface area contributed by atoms with Crippen molar-refractivity contribution in [2.75, 3.05) is 11.4 Å². The van der Waals surface area contributed by atoms with Gasteiger partial charge in [0.25, 0.3) is 0 Å². The Morgan fingerprint density at radius 1 is 1.62 bits per heavy atom. The molecule has 1 aliphatic heterocycles. The summed E-state index contributed by atoms with van der Waals surface area (Å²) in [5.74, 6) is 0.388. The molecule has 0 bridgehead atoms. The highest BCUT2D eigenvalue weighted by Crippen LogP contribution is 2.22. The van der Waals surface area contributed by atoms with E-state index in [9.17, 15) is 9.59 Å². The minimum Gasteiger partial charge on any atom is -0.368 e. The predicted molar refractivity (Wildman–Crippen MR) is 57.9 cm³/mol. The molecule has 1 aliphatic rings. The number of aromatic nitrogens is 2. The second-order valence-electron chi connectivity index (χ2n) is 3.78. The van der Waals surface area contributed by atoms with Gasteiger partial charge in [0.05, 0.1) is 6.20 Å². The number of hydrogen-bond donors (Lipinski definition) is 1. The first kappa shape index (κ1) is 10.7. The molecular weight excluding hydrogens is 208 g/mol. The van der Waals surface area contributed by atoms with E-state index < -0.39 is 11.9 Å². The van der Waals surface area contributed by atoms with Gasteiger partial charge >= 0.3 is 0 Å². The molecular formula is C10H14N4O2. The molecule has 1 amide bonds. The largest absolute Gasteiger partial charge is 0.368 e. The lowest BCUT2D eigenvalue weighted by Gasteiger charge is -2.33. The van der Waals surface area contributed by atoms with Gasteiger partial charge in [0.2, 0.25) is 5.91 Å². The molecule has 0 radical (unpaired) electrons. The summed E-state index contributed by atoms with van der Waals surface area (Å²) in [6.07, 6.45) is 3.44. The van der Waals surface area contributed by atoms with Gasteiger partial charge in [-0.05, 0) is 6.42 Å². The van der Waals surface area contributed by atoms with E-state index in [1.54, 1.807) is 6.20 Å². The van der Waals surface area contributed by atoms with E-state index in [2.05, 4.69) is 5.10 Å². The first-order valence-corrected chi connectivity index (χ1v) is 5.25. The molecule has 16 heavy (non-hydrogen) atoms. The summed E-state index contributed by atoms with van der Waals surface area (Å²) < 4.78 is 1.82. The van der Waals surface area contributed by atoms with E-state index in [1.165, 1.54) is 0 Å². The number of aldehydes is 1. The van der Waals surface area contributed by atoms with Gasteiger partial charge in [0.15, 0.2) is 0 Å². The maximum absolute atomic E-state index is 11.3. The van der Waals surface area contributed by atoms with Crippen LogP contribution in [-0.4, -0.2) is 34.6 Å². The van der Waals surface area contributed by atoms with Crippen molar-refractivity contribution in [3.8, 4) is 0 Å². The Morgan fingerprint density at radius 3 is 3.12 bits per heavy atom. The van der Waals surface area contributed by atoms with Crippen LogP contribution in [-0.2, 0) is 16.1 Å². The number of nitrogens with zero attached hydrogens (tertiary/aromatic N) is 3. The van der Waals surface area contributed by atoms with Crippen LogP contribution in [0.5, 0.6) is 0 Å². The summed E-state index contributed by atoms with van der Waals surface area (Å²) in [5, 5.41) is 4.14. The van der Waals surface area contributed by atoms with Gasteiger partial charge in [-0.3, -0.25) is 4.79 Å². The smallest absolute Gasteiger partial charge is 0.240 e. The second kappa shape index (κ2) is 4.34. The van der Waals surface area contributed by atoms with Crippen molar-refractivity contribution < 1.29 is 9.59 Å². The lowest BCUT2D eigenvalue weighted by Crippen LogP contribution is -2.48. The lowest BCUT2D eigenvalue weighted by molar-refractivity contribution is -0.121. The van der Waals surface area contributed by atoms with Crippen LogP contribution in [0.4, 0.5) is 5.82 Å². The van der Waals surface area contributed by atoms with Crippen molar-refractivity contribution in [1.82, 2.24) is 9.78 Å². The molecule has 0 saturated carbocycles. The van der Waals surface area contributed by atoms with Gasteiger partial charge in [-0.25, -0.2) is 4.68 Å². The number of hydrogen-bond acceptors (Lipinski definition) is 4. The van der Waals surface area contributed by atoms with Gasteiger partial charge in [-0.1, -0.05) is 0 Å². The third kappa shape index (κ3) is 1.78. The van der Waals surface area contributed by atoms with E-state index >= 15 is 0 Å². The fourth-order valence-corrected chi connectivity index (χ4v) is 2.05. The van der Waals surface area contributed by atoms with E-state index in [0.29, 0.717) is 0 Å². The number of nitrogens with two attached hydrogens (primary N) is 1. The normalized spacial score (nSPS) is 16.6. The highest BCUT2D eigenvalue weighted by atomic mass is 16.1. The van der Waals surface area contributed by atoms with Crippen molar-refractivity contribution in [2.45, 2.75) is 25.4 Å². The maximum Gasteiger partial charge on any atom is 0.240 e. The Hall–Kier alpha value is -1.85. The molecule has 0 aromatic carbocycles. The fourth-order valence-electron chi connectivity index (χ4n) is 2.05. The van der Waals surface area contributed by atoms with Crippen LogP contribution >= 0.6 is 0 Å². The minimum atomic E-state index is -0.562. The highest BCUT2D eigenvalue weighted by Gasteiger charge is 2.28. The third-order valence-electron chi connectivity index (χ3n) is 2.78. The first-order chi connectivity index (χ1) is 7.74. The van der Waals surface area contributed by atoms with Crippen LogP contribution < -0.4 is 10.6 Å². The highest BCUT2D eigenvalue weighted by molar-refractivity contribution is 5.85. The Kier molecular flexibility index (Phi) is 2.89. The molecule has 6 nitrogen and oxygen atoms in total. The van der Waals surface area contributed by atoms with E-state index in [-0.39, 0.29) is 6.42 Å². The lowest BCUT2D eigenvalue weighted by atomic mass is 10.1. The van der Waals surface area contributed by atoms with Gasteiger partial charge in [0.1, 0.15) is 18.1 Å². The summed E-state index contributed by atoms with van der Waals surface area (Å²) in [7, 11) is 0. The predicted octanol–water partition coefficient (Wildman–Crippen LogP) is -0.464. The number of primary amides is 1. The number of carbonyl (C=O) groups is 2. The molecule has 2 rings (SSSR count). The van der Waals surface area contributed by atoms with Gasteiger partial charge in [0, 0.05) is 25.6 Å². The van der Waals surface area contributed by atoms with Crippen molar-refractivity contribution in [1.29, 1.82) is 0 Å². The average molecular weight is 222 g/mol. The van der Waals surface area contributed by atoms with E-state index in [1.807, 2.05) is 15.6 Å². The summed E-state index contributed by atoms with van der Waals surface area (Å²) in [4.78, 5) is 23.7. The molecule has 0 aliphatic carbocycles. The zero-order valence-electron chi connectivity index (χ0n) is 8.87. The Morgan fingerprint density at radius 2 is 2.44 bits per heavy atom. The SMILES string of the molecule is NC(=O)C(CC=O)N1CCCn2nccc21. The first-order valence-electron chi connectivity index (χ1n) is 5.25. The molecule has 2 heterocycles. The summed E-state index contributed by atoms with van der Waals surface area (Å²) in [5.41, 5.74) is 5.31. The van der Waals surface area contributed by atoms with Crippen molar-refractivity contribution >= 4 is 18.0 Å². The molecule has 86 valence electrons. The van der Waals surface area contributed by atoms with Gasteiger partial charge in [-0.15, -0.1) is 0 Å². The molecule has 2 N–H and O–H groups in total. The summed E-state index contributed by atoms with van der Waals surface area (Å²) in [6, 6.07) is 1.27. The second-order valence-corrected chi connectivity index (χ2v) is 3.78. The van der Waals surface area contributed by atoms with Crippen molar-refractivity contribution in [2.24, 2.45) is 5.73 Å². The fraction of sp³-hybridized carbons (Fsp3) is 0.500. The van der Waals surface area contributed by atoms with E-state index in [4.69, 9.17) is 5.73 Å². The number of aryl methyl sites for hydroxylation is 1. The number of fused-ring (bicyclic) bond motifs is 1. The minimum absolute atomic E-state index is 0.126. The average Bonchev–Trinajstić information content (AvgIpc) is 2.73. The molecule has 0 spiro atoms. The molecule has 0 saturated heterocycles. The van der Waals surface area contributed by atoms with Crippen molar-refractivity contribution in [3.63, 3.8) is 0 Å². The van der Waals surface area contributed by atoms with Crippen LogP contribution in [0, 0.1) is 0 Å². The van der Waals surface area contributed by atoms with Gasteiger partial charge in [-0.2, -0.15) is 5.10 Å². The monoisotopic (exact) mass is 222 g/mol. The molecule has 1 atom stereocenters. The number of amides is 1. The van der Waals surface area contributed by atoms with Crippen LogP contribution in [0.2, 0.25) is 0 Å². The van der Waals surface area contributed by atoms with Crippen LogP contribution in [0.3, 0.4) is 0 Å². The standard InChI is InChI=1S/C10H14N4O2/c11-10(16)8(3-7-15)13-5-1-6-14-9(13)2-4-12-14/h2,4,7-8H,1,3,5-6H2,(H2,11,16). The molecule has 1 aromatic rings. The number of carbonyl (C=O) groups excluding carboxylic acids is 2. The summed E-state index contributed by atoms with van der Waals surface area (Å²) >= 11 is 0. The van der Waals surface area contributed by atoms with Crippen LogP contribution in [0.15, 0.2) is 12.3 Å². The maximum atomic E-state index is 11.3. The quantitative estimate of drug-likeness (QED) is 0.699. The number of rotatable bonds is 4. The molecule has 1 aromatic heterocycles.